The van der Waals surface area contributed by atoms with Crippen molar-refractivity contribution in [3.05, 3.63) is 35.9 Å². The van der Waals surface area contributed by atoms with E-state index in [1.54, 1.807) is 0 Å². The van der Waals surface area contributed by atoms with Gasteiger partial charge >= 0.3 is 11.8 Å². The summed E-state index contributed by atoms with van der Waals surface area (Å²) in [5.41, 5.74) is 1.97. The SMILES string of the molecule is Cc1cc2[n+](c3ccccc13)C(=O)N=N2. The second-order valence-electron chi connectivity index (χ2n) is 3.52. The first-order valence-electron chi connectivity index (χ1n) is 4.68. The number of rotatable bonds is 0. The van der Waals surface area contributed by atoms with Gasteiger partial charge in [-0.2, -0.15) is 4.57 Å². The molecule has 0 N–H and O–H groups in total. The van der Waals surface area contributed by atoms with Gasteiger partial charge in [0.15, 0.2) is 0 Å². The topological polar surface area (TPSA) is 45.7 Å². The molecule has 0 bridgehead atoms. The van der Waals surface area contributed by atoms with Crippen LogP contribution in [0.5, 0.6) is 0 Å². The highest BCUT2D eigenvalue weighted by Gasteiger charge is 2.29. The number of carbonyl (C=O) groups excluding carboxylic acids is 1. The summed E-state index contributed by atoms with van der Waals surface area (Å²) in [6, 6.07) is 9.30. The van der Waals surface area contributed by atoms with Crippen LogP contribution in [-0.4, -0.2) is 6.03 Å². The van der Waals surface area contributed by atoms with Crippen molar-refractivity contribution in [3.8, 4) is 0 Å². The van der Waals surface area contributed by atoms with Crippen molar-refractivity contribution < 1.29 is 9.36 Å². The average molecular weight is 198 g/mol. The molecule has 3 rings (SSSR count). The van der Waals surface area contributed by atoms with Gasteiger partial charge in [0.05, 0.1) is 5.11 Å². The predicted octanol–water partition coefficient (Wildman–Crippen LogP) is 2.50. The summed E-state index contributed by atoms with van der Waals surface area (Å²) in [6.45, 7) is 2.00. The van der Waals surface area contributed by atoms with Crippen molar-refractivity contribution in [2.24, 2.45) is 10.2 Å². The molecular weight excluding hydrogens is 190 g/mol. The number of nitrogens with zero attached hydrogens (tertiary/aromatic N) is 3. The lowest BCUT2D eigenvalue weighted by atomic mass is 10.1. The lowest BCUT2D eigenvalue weighted by Gasteiger charge is -2.02. The predicted molar refractivity (Wildman–Crippen MR) is 54.2 cm³/mol. The van der Waals surface area contributed by atoms with Gasteiger partial charge in [-0.15, -0.1) is 0 Å². The third-order valence-corrected chi connectivity index (χ3v) is 2.57. The minimum absolute atomic E-state index is 0.318. The molecule has 2 aromatic rings. The van der Waals surface area contributed by atoms with Crippen LogP contribution >= 0.6 is 0 Å². The molecule has 15 heavy (non-hydrogen) atoms. The van der Waals surface area contributed by atoms with Crippen LogP contribution in [0, 0.1) is 6.92 Å². The lowest BCUT2D eigenvalue weighted by Crippen LogP contribution is -2.38. The Morgan fingerprint density at radius 1 is 1.20 bits per heavy atom. The minimum Gasteiger partial charge on any atom is -0.205 e. The molecule has 0 atom stereocenters. The van der Waals surface area contributed by atoms with Crippen molar-refractivity contribution in [1.82, 2.24) is 0 Å². The van der Waals surface area contributed by atoms with E-state index in [-0.39, 0.29) is 6.03 Å². The van der Waals surface area contributed by atoms with Crippen molar-refractivity contribution in [3.63, 3.8) is 0 Å². The van der Waals surface area contributed by atoms with Gasteiger partial charge in [0.1, 0.15) is 10.6 Å². The average Bonchev–Trinajstić information content (AvgIpc) is 2.61. The number of amides is 1. The smallest absolute Gasteiger partial charge is 0.205 e. The Kier molecular flexibility index (Phi) is 1.48. The molecule has 0 unspecified atom stereocenters. The van der Waals surface area contributed by atoms with Gasteiger partial charge in [0.2, 0.25) is 0 Å². The molecule has 4 nitrogen and oxygen atoms in total. The molecule has 0 saturated carbocycles. The standard InChI is InChI=1S/C11H8N3O/c1-7-6-10-12-13-11(15)14(10)9-5-3-2-4-8(7)9/h2-6H,1H3/q+1. The third-order valence-electron chi connectivity index (χ3n) is 2.57. The quantitative estimate of drug-likeness (QED) is 0.600. The summed E-state index contributed by atoms with van der Waals surface area (Å²) in [5, 5.41) is 8.43. The summed E-state index contributed by atoms with van der Waals surface area (Å²) < 4.78 is 1.53. The molecule has 1 amide bonds. The van der Waals surface area contributed by atoms with E-state index >= 15 is 0 Å². The van der Waals surface area contributed by atoms with Gasteiger partial charge in [0, 0.05) is 11.5 Å². The number of benzene rings is 1. The van der Waals surface area contributed by atoms with Crippen molar-refractivity contribution in [1.29, 1.82) is 0 Å². The van der Waals surface area contributed by atoms with Gasteiger partial charge in [-0.3, -0.25) is 0 Å². The fourth-order valence-corrected chi connectivity index (χ4v) is 1.87. The number of hydrogen-bond acceptors (Lipinski definition) is 2. The highest BCUT2D eigenvalue weighted by atomic mass is 16.2. The summed E-state index contributed by atoms with van der Waals surface area (Å²) in [5.74, 6) is 0.608. The molecule has 0 aliphatic carbocycles. The van der Waals surface area contributed by atoms with Crippen LogP contribution in [0.3, 0.4) is 0 Å². The maximum atomic E-state index is 11.5. The summed E-state index contributed by atoms with van der Waals surface area (Å²) in [7, 11) is 0. The highest BCUT2D eigenvalue weighted by molar-refractivity contribution is 5.84. The first kappa shape index (κ1) is 8.23. The molecule has 1 aliphatic heterocycles. The van der Waals surface area contributed by atoms with E-state index in [1.807, 2.05) is 37.3 Å². The number of fused-ring (bicyclic) bond motifs is 3. The molecule has 1 aromatic carbocycles. The number of azo groups is 1. The van der Waals surface area contributed by atoms with E-state index < -0.39 is 0 Å². The first-order chi connectivity index (χ1) is 7.27. The van der Waals surface area contributed by atoms with Crippen LogP contribution in [0.25, 0.3) is 10.9 Å². The molecule has 4 heteroatoms. The Morgan fingerprint density at radius 2 is 2.00 bits per heavy atom. The number of carbonyl (C=O) groups is 1. The fourth-order valence-electron chi connectivity index (χ4n) is 1.87. The summed E-state index contributed by atoms with van der Waals surface area (Å²) in [6.07, 6.45) is 0. The van der Waals surface area contributed by atoms with Crippen LogP contribution in [0.15, 0.2) is 40.6 Å². The number of hydrogen-bond donors (Lipinski definition) is 0. The number of para-hydroxylation sites is 1. The molecular formula is C11H8N3O+. The Balaban J connectivity index is 2.54. The van der Waals surface area contributed by atoms with E-state index in [0.717, 1.165) is 16.5 Å². The Labute approximate surface area is 85.9 Å². The second kappa shape index (κ2) is 2.70. The van der Waals surface area contributed by atoms with E-state index in [9.17, 15) is 4.79 Å². The van der Waals surface area contributed by atoms with E-state index in [2.05, 4.69) is 10.2 Å². The van der Waals surface area contributed by atoms with Gasteiger partial charge in [-0.25, -0.2) is 4.79 Å². The zero-order valence-corrected chi connectivity index (χ0v) is 8.14. The van der Waals surface area contributed by atoms with Crippen molar-refractivity contribution in [2.75, 3.05) is 0 Å². The van der Waals surface area contributed by atoms with Gasteiger partial charge in [-0.05, 0) is 18.6 Å². The Hall–Kier alpha value is -2.10. The molecule has 0 saturated heterocycles. The Bertz CT molecular complexity index is 617. The van der Waals surface area contributed by atoms with Crippen LogP contribution in [0.2, 0.25) is 0 Å². The number of pyridine rings is 1. The van der Waals surface area contributed by atoms with E-state index in [1.165, 1.54) is 4.57 Å². The minimum atomic E-state index is -0.318. The van der Waals surface area contributed by atoms with Gasteiger partial charge in [-0.1, -0.05) is 18.2 Å². The van der Waals surface area contributed by atoms with Gasteiger partial charge < -0.3 is 0 Å². The van der Waals surface area contributed by atoms with E-state index in [4.69, 9.17) is 0 Å². The van der Waals surface area contributed by atoms with Crippen molar-refractivity contribution >= 4 is 22.8 Å². The van der Waals surface area contributed by atoms with Crippen LogP contribution in [-0.2, 0) is 0 Å². The zero-order chi connectivity index (χ0) is 10.4. The van der Waals surface area contributed by atoms with Crippen molar-refractivity contribution in [2.45, 2.75) is 6.92 Å². The molecule has 1 aliphatic rings. The molecule has 1 aromatic heterocycles. The molecule has 0 fully saturated rings. The van der Waals surface area contributed by atoms with Crippen LogP contribution < -0.4 is 4.57 Å². The maximum Gasteiger partial charge on any atom is 0.518 e. The highest BCUT2D eigenvalue weighted by Crippen LogP contribution is 2.22. The second-order valence-corrected chi connectivity index (χ2v) is 3.52. The number of aryl methyl sites for hydroxylation is 1. The van der Waals surface area contributed by atoms with Gasteiger partial charge in [0.25, 0.3) is 0 Å². The van der Waals surface area contributed by atoms with E-state index in [0.29, 0.717) is 5.82 Å². The normalized spacial score (nSPS) is 13.5. The monoisotopic (exact) mass is 198 g/mol. The molecule has 0 radical (unpaired) electrons. The summed E-state index contributed by atoms with van der Waals surface area (Å²) >= 11 is 0. The largest absolute Gasteiger partial charge is 0.518 e. The first-order valence-corrected chi connectivity index (χ1v) is 4.68. The summed E-state index contributed by atoms with van der Waals surface area (Å²) in [4.78, 5) is 11.5. The molecule has 72 valence electrons. The number of aromatic nitrogens is 1. The molecule has 2 heterocycles. The molecule has 0 spiro atoms. The Morgan fingerprint density at radius 3 is 2.87 bits per heavy atom. The van der Waals surface area contributed by atoms with Crippen LogP contribution in [0.4, 0.5) is 10.6 Å². The lowest BCUT2D eigenvalue weighted by molar-refractivity contribution is -0.521. The fraction of sp³-hybridized carbons (Fsp3) is 0.0909. The zero-order valence-electron chi connectivity index (χ0n) is 8.14. The maximum absolute atomic E-state index is 11.5. The van der Waals surface area contributed by atoms with Crippen LogP contribution in [0.1, 0.15) is 5.56 Å². The third kappa shape index (κ3) is 1.01.